The second-order valence-electron chi connectivity index (χ2n) is 38.4. The van der Waals surface area contributed by atoms with E-state index in [0.717, 1.165) is 113 Å². The van der Waals surface area contributed by atoms with Crippen LogP contribution < -0.4 is 52.7 Å². The number of fused-ring (bicyclic) bond motifs is 16. The molecule has 0 unspecified atom stereocenters. The lowest BCUT2D eigenvalue weighted by molar-refractivity contribution is -0.137. The van der Waals surface area contributed by atoms with E-state index in [9.17, 15) is 38.7 Å². The number of amides is 4. The third kappa shape index (κ3) is 23.7. The molecule has 22 nitrogen and oxygen atoms in total. The molecule has 4 amide bonds. The lowest BCUT2D eigenvalue weighted by atomic mass is 9.59. The first-order valence-electron chi connectivity index (χ1n) is 44.5. The maximum absolute atomic E-state index is 13.0. The molecule has 0 spiro atoms. The molecule has 11 N–H and O–H groups in total. The molecule has 0 aromatic heterocycles. The van der Waals surface area contributed by atoms with Crippen LogP contribution in [0, 0.1) is 23.7 Å². The van der Waals surface area contributed by atoms with Crippen LogP contribution in [0.5, 0.6) is 23.0 Å². The molecular formula is C99H135N7O15. The molecule has 121 heavy (non-hydrogen) atoms. The van der Waals surface area contributed by atoms with Gasteiger partial charge in [-0.3, -0.25) is 0 Å². The molecule has 656 valence electrons. The molecular weight excluding hydrogens is 1530 g/mol. The fourth-order valence-corrected chi connectivity index (χ4v) is 20.3. The minimum atomic E-state index is -0.888. The van der Waals surface area contributed by atoms with E-state index in [4.69, 9.17) is 50.4 Å². The Morgan fingerprint density at radius 1 is 0.405 bits per heavy atom. The number of ether oxygens (including phenoxy) is 7. The van der Waals surface area contributed by atoms with Gasteiger partial charge in [-0.2, -0.15) is 0 Å². The molecule has 22 heteroatoms. The zero-order chi connectivity index (χ0) is 87.2. The second kappa shape index (κ2) is 40.2. The summed E-state index contributed by atoms with van der Waals surface area (Å²) in [6, 6.07) is 40.7. The molecule has 8 aliphatic rings. The zero-order valence-corrected chi connectivity index (χ0v) is 73.8. The number of carbonyl (C=O) groups excluding carboxylic acids is 7. The Hall–Kier alpha value is -9.51. The minimum absolute atomic E-state index is 0.0189. The number of esters is 3. The lowest BCUT2D eigenvalue weighted by Crippen LogP contribution is -2.57. The van der Waals surface area contributed by atoms with Gasteiger partial charge in [0.25, 0.3) is 0 Å². The first-order valence-corrected chi connectivity index (χ1v) is 44.5. The number of hydrogen-bond acceptors (Lipinski definition) is 18. The van der Waals surface area contributed by atoms with Crippen LogP contribution in [-0.4, -0.2) is 101 Å². The van der Waals surface area contributed by atoms with Crippen molar-refractivity contribution in [2.45, 2.75) is 332 Å². The predicted molar refractivity (Wildman–Crippen MR) is 469 cm³/mol. The number of aromatic hydroxyl groups is 1. The number of nitrogens with one attached hydrogen (secondary N) is 4. The van der Waals surface area contributed by atoms with Crippen LogP contribution in [0.15, 0.2) is 133 Å². The van der Waals surface area contributed by atoms with Gasteiger partial charge in [-0.25, -0.2) is 33.6 Å². The summed E-state index contributed by atoms with van der Waals surface area (Å²) in [6.07, 6.45) is 24.6. The Morgan fingerprint density at radius 2 is 0.719 bits per heavy atom. The van der Waals surface area contributed by atoms with Gasteiger partial charge >= 0.3 is 42.3 Å². The highest BCUT2D eigenvalue weighted by Crippen LogP contribution is 2.52. The van der Waals surface area contributed by atoms with Crippen molar-refractivity contribution in [3.05, 3.63) is 189 Å². The third-order valence-corrected chi connectivity index (χ3v) is 26.8. The molecule has 6 aromatic carbocycles. The molecule has 0 radical (unpaired) electrons. The van der Waals surface area contributed by atoms with Gasteiger partial charge < -0.3 is 76.7 Å². The number of phenolic OH excluding ortho intramolecular Hbond substituents is 1. The average Bonchev–Trinajstić information content (AvgIpc) is 0.706. The van der Waals surface area contributed by atoms with Crippen molar-refractivity contribution in [3.8, 4) is 23.0 Å². The number of phenols is 1. The smallest absolute Gasteiger partial charge is 0.408 e. The Kier molecular flexibility index (Phi) is 30.6. The quantitative estimate of drug-likeness (QED) is 0.0285. The molecule has 15 atom stereocenters. The summed E-state index contributed by atoms with van der Waals surface area (Å²) in [5.74, 6) is 2.03. The van der Waals surface area contributed by atoms with E-state index < -0.39 is 65.5 Å². The van der Waals surface area contributed by atoms with Crippen molar-refractivity contribution in [3.63, 3.8) is 0 Å². The molecule has 4 fully saturated rings. The number of alkyl carbamates (subject to hydrolysis) is 4. The van der Waals surface area contributed by atoms with Gasteiger partial charge in [-0.05, 0) is 267 Å². The number of nitrogens with two attached hydrogens (primary N) is 3. The maximum atomic E-state index is 13.0. The summed E-state index contributed by atoms with van der Waals surface area (Å²) in [4.78, 5) is 86.8. The van der Waals surface area contributed by atoms with Crippen molar-refractivity contribution in [2.75, 3.05) is 0 Å². The normalized spacial score (nSPS) is 26.4. The highest BCUT2D eigenvalue weighted by Gasteiger charge is 2.50. The molecule has 6 aromatic rings. The van der Waals surface area contributed by atoms with Crippen LogP contribution in [0.1, 0.15) is 274 Å². The number of carbonyl (C=O) groups is 7. The number of hydrogen-bond donors (Lipinski definition) is 8. The summed E-state index contributed by atoms with van der Waals surface area (Å²) < 4.78 is 38.3. The fraction of sp³-hybridized carbons (Fsp3) is 0.566. The van der Waals surface area contributed by atoms with Crippen molar-refractivity contribution in [1.82, 2.24) is 21.3 Å². The van der Waals surface area contributed by atoms with Gasteiger partial charge in [0.15, 0.2) is 0 Å². The van der Waals surface area contributed by atoms with Crippen LogP contribution >= 0.6 is 0 Å². The number of benzene rings is 6. The van der Waals surface area contributed by atoms with E-state index in [2.05, 4.69) is 67.2 Å². The zero-order valence-electron chi connectivity index (χ0n) is 73.8. The SMILES string of the molecule is C[C@@]12CCCCC[C@@H](Cc3ccc(O)cc31)[C@@H]2NC(=O)OCc1ccccc1.C[C@H](N)C(=O)Oc1ccc2c(c1)[C@@]1(C)CCCCC[C@@H](C2)[C@@H]1N.C[C@H](NC(=O)OC(C)(C)C)C(=O)Oc1ccc2c(c1)[C@@]1(C)CCCCC[C@@H](C2)[C@@H]1N.C[C@H](NC(=O)OC(C)(C)C)C(=O)Oc1ccc2c(c1)[C@@]1(C)CCCCC[C@@H](C2)[C@@H]1NC(=O)OCc1ccccc1. The average molecular weight is 1660 g/mol. The van der Waals surface area contributed by atoms with Crippen molar-refractivity contribution < 1.29 is 71.8 Å². The molecule has 4 saturated carbocycles. The molecule has 0 saturated heterocycles. The van der Waals surface area contributed by atoms with Crippen LogP contribution in [-0.2, 0) is 93.9 Å². The minimum Gasteiger partial charge on any atom is -0.508 e. The first-order chi connectivity index (χ1) is 57.4. The van der Waals surface area contributed by atoms with Gasteiger partial charge in [-0.1, -0.05) is 190 Å². The van der Waals surface area contributed by atoms with Crippen LogP contribution in [0.3, 0.4) is 0 Å². The van der Waals surface area contributed by atoms with E-state index >= 15 is 0 Å². The van der Waals surface area contributed by atoms with Gasteiger partial charge in [0.05, 0.1) is 0 Å². The number of rotatable bonds is 14. The Labute approximate surface area is 717 Å². The molecule has 0 heterocycles. The summed E-state index contributed by atoms with van der Waals surface area (Å²) in [5.41, 5.74) is 28.9. The largest absolute Gasteiger partial charge is 0.508 e. The van der Waals surface area contributed by atoms with E-state index in [0.29, 0.717) is 40.8 Å². The predicted octanol–water partition coefficient (Wildman–Crippen LogP) is 18.2. The van der Waals surface area contributed by atoms with Gasteiger partial charge in [-0.15, -0.1) is 0 Å². The molecule has 8 aliphatic carbocycles. The van der Waals surface area contributed by atoms with Crippen LogP contribution in [0.25, 0.3) is 0 Å². The van der Waals surface area contributed by atoms with Crippen LogP contribution in [0.4, 0.5) is 19.2 Å². The van der Waals surface area contributed by atoms with Crippen molar-refractivity contribution in [1.29, 1.82) is 0 Å². The fourth-order valence-electron chi connectivity index (χ4n) is 20.3. The standard InChI is InChI=1S/C32H42N2O6.C24H36N2O4.C24H29NO3.C19H28N2O2/c1-21(33-30(37)40-31(2,3)4)28(35)39-25-16-15-23-18-24-14-10-7-11-17-32(5,26(23)19-25)27(24)34-29(36)38-20-22-12-8-6-9-13-22;1-15(26-22(28)30-23(2,3)4)21(27)29-18-11-10-16-13-17-9-7-6-8-12-24(5,20(17)25)19(16)14-18;1-24-13-7-3-6-10-19(14-18-11-12-20(26)15-21(18)24)22(24)25-23(27)28-16-17-8-4-2-5-9-17;1-12(20)18(22)23-15-8-7-13-10-14-6-4-3-5-9-19(2,17(14)21)16(13)11-15/h6,8-9,12-13,15-16,19,21,24,27H,7,10-11,14,17-18,20H2,1-5H3,(H,33,37)(H,34,36);10-11,14-15,17,20H,6-9,12-13,25H2,1-5H3,(H,26,28);2,4-5,8-9,11-12,15,19,22,26H,3,6-7,10,13-14,16H2,1H3,(H,25,27);7-8,11-12,14,17H,3-6,9-10,20-21H2,1-2H3/t21-,24-,27-,32+;15-,17-,20-,24+;19-,22-,24+;12-,14-,17-,19+/m0000/s1. The molecule has 8 bridgehead atoms. The Bertz CT molecular complexity index is 4560. The topological polar surface area (TPSA) is 331 Å². The highest BCUT2D eigenvalue weighted by atomic mass is 16.6. The maximum Gasteiger partial charge on any atom is 0.408 e. The summed E-state index contributed by atoms with van der Waals surface area (Å²) in [5, 5.41) is 21.6. The second-order valence-corrected chi connectivity index (χ2v) is 38.4. The Morgan fingerprint density at radius 3 is 1.07 bits per heavy atom. The highest BCUT2D eigenvalue weighted by molar-refractivity contribution is 5.84. The van der Waals surface area contributed by atoms with Crippen LogP contribution in [0.2, 0.25) is 0 Å². The molecule has 0 aliphatic heterocycles. The van der Waals surface area contributed by atoms with Gasteiger partial charge in [0.2, 0.25) is 0 Å². The summed E-state index contributed by atoms with van der Waals surface area (Å²) in [6.45, 7) is 24.8. The van der Waals surface area contributed by atoms with E-state index in [1.807, 2.05) is 109 Å². The van der Waals surface area contributed by atoms with Crippen molar-refractivity contribution >= 4 is 42.3 Å². The van der Waals surface area contributed by atoms with E-state index in [1.165, 1.54) is 96.7 Å². The van der Waals surface area contributed by atoms with Crippen molar-refractivity contribution in [2.24, 2.45) is 40.9 Å². The monoisotopic (exact) mass is 1660 g/mol. The lowest BCUT2D eigenvalue weighted by Gasteiger charge is -2.49. The molecule has 14 rings (SSSR count). The van der Waals surface area contributed by atoms with E-state index in [1.54, 1.807) is 68.4 Å². The Balaban J connectivity index is 0.000000161. The summed E-state index contributed by atoms with van der Waals surface area (Å²) in [7, 11) is 0. The van der Waals surface area contributed by atoms with Gasteiger partial charge in [0, 0.05) is 45.8 Å². The third-order valence-electron chi connectivity index (χ3n) is 26.8. The summed E-state index contributed by atoms with van der Waals surface area (Å²) >= 11 is 0. The van der Waals surface area contributed by atoms with E-state index in [-0.39, 0.29) is 71.1 Å². The first kappa shape index (κ1) is 92.2. The van der Waals surface area contributed by atoms with Gasteiger partial charge in [0.1, 0.15) is 65.5 Å².